The summed E-state index contributed by atoms with van der Waals surface area (Å²) in [6.07, 6.45) is 2.67. The molecule has 0 atom stereocenters. The molecule has 0 aliphatic heterocycles. The van der Waals surface area contributed by atoms with Crippen molar-refractivity contribution < 1.29 is 13.2 Å². The first-order valence-electron chi connectivity index (χ1n) is 11.2. The van der Waals surface area contributed by atoms with Crippen molar-refractivity contribution in [1.29, 1.82) is 0 Å². The molecule has 0 unspecified atom stereocenters. The number of carbonyl (C=O) groups is 1. The number of fused-ring (bicyclic) bond motifs is 1. The van der Waals surface area contributed by atoms with Gasteiger partial charge in [-0.2, -0.15) is 5.10 Å². The Bertz CT molecular complexity index is 1530. The molecule has 0 aliphatic carbocycles. The number of nitrogens with one attached hydrogen (secondary N) is 1. The van der Waals surface area contributed by atoms with Gasteiger partial charge in [0.1, 0.15) is 6.54 Å². The van der Waals surface area contributed by atoms with E-state index in [1.807, 2.05) is 75.4 Å². The van der Waals surface area contributed by atoms with Gasteiger partial charge in [-0.25, -0.2) is 13.8 Å². The number of amides is 1. The van der Waals surface area contributed by atoms with Gasteiger partial charge in [0.25, 0.3) is 5.91 Å². The van der Waals surface area contributed by atoms with E-state index in [4.69, 9.17) is 0 Å². The molecule has 1 aromatic heterocycles. The topological polar surface area (TPSA) is 83.8 Å². The van der Waals surface area contributed by atoms with Gasteiger partial charge in [-0.3, -0.25) is 9.10 Å². The first-order valence-corrected chi connectivity index (χ1v) is 13.0. The lowest BCUT2D eigenvalue weighted by Crippen LogP contribution is -2.39. The number of anilines is 1. The molecule has 0 saturated carbocycles. The van der Waals surface area contributed by atoms with Crippen LogP contribution in [0.1, 0.15) is 22.5 Å². The molecule has 1 amide bonds. The minimum Gasteiger partial charge on any atom is -0.318 e. The van der Waals surface area contributed by atoms with Crippen molar-refractivity contribution in [2.75, 3.05) is 17.1 Å². The fraction of sp³-hybridized carbons (Fsp3) is 0.185. The van der Waals surface area contributed by atoms with E-state index >= 15 is 0 Å². The molecule has 0 radical (unpaired) electrons. The second kappa shape index (κ2) is 9.76. The van der Waals surface area contributed by atoms with Gasteiger partial charge >= 0.3 is 0 Å². The number of rotatable bonds is 7. The highest BCUT2D eigenvalue weighted by atomic mass is 32.2. The average molecular weight is 489 g/mol. The first kappa shape index (κ1) is 24.2. The predicted octanol–water partition coefficient (Wildman–Crippen LogP) is 4.47. The monoisotopic (exact) mass is 488 g/mol. The molecule has 1 heterocycles. The van der Waals surface area contributed by atoms with Crippen LogP contribution >= 0.6 is 0 Å². The Morgan fingerprint density at radius 3 is 2.46 bits per heavy atom. The number of hydrazone groups is 1. The summed E-state index contributed by atoms with van der Waals surface area (Å²) in [7, 11) is -3.71. The maximum atomic E-state index is 12.7. The SMILES string of the molecule is Cc1cccc(-n2c(C)cc(/C=N/NC(=O)CN(c3cccc4ccccc34)S(C)(=O)=O)c2C)c1. The average Bonchev–Trinajstić information content (AvgIpc) is 3.09. The Morgan fingerprint density at radius 1 is 1.00 bits per heavy atom. The van der Waals surface area contributed by atoms with E-state index in [0.29, 0.717) is 5.69 Å². The summed E-state index contributed by atoms with van der Waals surface area (Å²) in [5.41, 5.74) is 8.03. The van der Waals surface area contributed by atoms with Crippen LogP contribution in [0.4, 0.5) is 5.69 Å². The van der Waals surface area contributed by atoms with Gasteiger partial charge < -0.3 is 4.57 Å². The highest BCUT2D eigenvalue weighted by Gasteiger charge is 2.22. The van der Waals surface area contributed by atoms with Crippen molar-refractivity contribution in [3.8, 4) is 5.69 Å². The normalized spacial score (nSPS) is 11.8. The van der Waals surface area contributed by atoms with E-state index in [0.717, 1.165) is 44.0 Å². The highest BCUT2D eigenvalue weighted by Crippen LogP contribution is 2.28. The van der Waals surface area contributed by atoms with Crippen LogP contribution in [0.2, 0.25) is 0 Å². The predicted molar refractivity (Wildman–Crippen MR) is 142 cm³/mol. The number of benzene rings is 3. The van der Waals surface area contributed by atoms with Gasteiger partial charge in [-0.05, 0) is 56.0 Å². The minimum absolute atomic E-state index is 0.382. The van der Waals surface area contributed by atoms with Crippen molar-refractivity contribution in [2.24, 2.45) is 5.10 Å². The molecule has 0 spiro atoms. The third-order valence-electron chi connectivity index (χ3n) is 5.85. The zero-order valence-corrected chi connectivity index (χ0v) is 21.0. The molecule has 180 valence electrons. The molecular formula is C27H28N4O3S. The van der Waals surface area contributed by atoms with Gasteiger partial charge in [0.15, 0.2) is 0 Å². The van der Waals surface area contributed by atoms with Crippen LogP contribution in [0.25, 0.3) is 16.5 Å². The smallest absolute Gasteiger partial charge is 0.260 e. The molecule has 0 bridgehead atoms. The molecule has 35 heavy (non-hydrogen) atoms. The molecule has 3 aromatic carbocycles. The van der Waals surface area contributed by atoms with E-state index in [-0.39, 0.29) is 6.54 Å². The second-order valence-electron chi connectivity index (χ2n) is 8.56. The van der Waals surface area contributed by atoms with Crippen molar-refractivity contribution in [3.63, 3.8) is 0 Å². The summed E-state index contributed by atoms with van der Waals surface area (Å²) >= 11 is 0. The number of nitrogens with zero attached hydrogens (tertiary/aromatic N) is 3. The largest absolute Gasteiger partial charge is 0.318 e. The number of sulfonamides is 1. The molecular weight excluding hydrogens is 460 g/mol. The lowest BCUT2D eigenvalue weighted by Gasteiger charge is -2.23. The fourth-order valence-electron chi connectivity index (χ4n) is 4.23. The van der Waals surface area contributed by atoms with Crippen molar-refractivity contribution in [1.82, 2.24) is 9.99 Å². The Kier molecular flexibility index (Phi) is 6.75. The third kappa shape index (κ3) is 5.27. The van der Waals surface area contributed by atoms with Crippen molar-refractivity contribution >= 4 is 38.6 Å². The summed E-state index contributed by atoms with van der Waals surface area (Å²) in [5.74, 6) is -0.535. The summed E-state index contributed by atoms with van der Waals surface area (Å²) in [4.78, 5) is 12.7. The Labute approximate surface area is 205 Å². The Balaban J connectivity index is 1.53. The molecule has 4 rings (SSSR count). The maximum absolute atomic E-state index is 12.7. The zero-order chi connectivity index (χ0) is 25.2. The molecule has 0 fully saturated rings. The van der Waals surface area contributed by atoms with Crippen LogP contribution < -0.4 is 9.73 Å². The van der Waals surface area contributed by atoms with Crippen LogP contribution in [-0.4, -0.2) is 37.9 Å². The standard InChI is InChI=1S/C27H28N4O3S/c1-19-9-7-12-24(15-19)31-20(2)16-23(21(31)3)17-28-29-27(32)18-30(35(4,33)34)26-14-8-11-22-10-5-6-13-25(22)26/h5-17H,18H2,1-4H3,(H,29,32)/b28-17+. The molecule has 8 heteroatoms. The van der Waals surface area contributed by atoms with Crippen LogP contribution in [-0.2, 0) is 14.8 Å². The van der Waals surface area contributed by atoms with E-state index in [1.54, 1.807) is 18.3 Å². The number of carbonyl (C=O) groups excluding carboxylic acids is 1. The third-order valence-corrected chi connectivity index (χ3v) is 6.97. The summed E-state index contributed by atoms with van der Waals surface area (Å²) in [5, 5.41) is 5.74. The number of hydrogen-bond acceptors (Lipinski definition) is 4. The van der Waals surface area contributed by atoms with Gasteiger partial charge in [0, 0.05) is 28.0 Å². The van der Waals surface area contributed by atoms with Gasteiger partial charge in [-0.1, -0.05) is 48.5 Å². The molecule has 1 N–H and O–H groups in total. The van der Waals surface area contributed by atoms with Crippen LogP contribution in [0.15, 0.2) is 77.9 Å². The number of aromatic nitrogens is 1. The Hall–Kier alpha value is -3.91. The van der Waals surface area contributed by atoms with Crippen molar-refractivity contribution in [2.45, 2.75) is 20.8 Å². The van der Waals surface area contributed by atoms with Gasteiger partial charge in [0.05, 0.1) is 18.2 Å². The van der Waals surface area contributed by atoms with E-state index in [1.165, 1.54) is 5.56 Å². The lowest BCUT2D eigenvalue weighted by molar-refractivity contribution is -0.119. The lowest BCUT2D eigenvalue weighted by atomic mass is 10.1. The van der Waals surface area contributed by atoms with E-state index in [2.05, 4.69) is 21.2 Å². The first-order chi connectivity index (χ1) is 16.6. The quantitative estimate of drug-likeness (QED) is 0.308. The van der Waals surface area contributed by atoms with Gasteiger partial charge in [-0.15, -0.1) is 0 Å². The molecule has 0 saturated heterocycles. The van der Waals surface area contributed by atoms with Crippen LogP contribution in [0, 0.1) is 20.8 Å². The number of aryl methyl sites for hydroxylation is 2. The summed E-state index contributed by atoms with van der Waals surface area (Å²) in [6.45, 7) is 5.67. The molecule has 0 aliphatic rings. The van der Waals surface area contributed by atoms with Crippen molar-refractivity contribution in [3.05, 3.63) is 95.3 Å². The van der Waals surface area contributed by atoms with E-state index < -0.39 is 15.9 Å². The second-order valence-corrected chi connectivity index (χ2v) is 10.5. The number of hydrogen-bond donors (Lipinski definition) is 1. The fourth-order valence-corrected chi connectivity index (χ4v) is 5.10. The van der Waals surface area contributed by atoms with Crippen LogP contribution in [0.5, 0.6) is 0 Å². The highest BCUT2D eigenvalue weighted by molar-refractivity contribution is 7.92. The maximum Gasteiger partial charge on any atom is 0.260 e. The van der Waals surface area contributed by atoms with Gasteiger partial charge in [0.2, 0.25) is 10.0 Å². The molecule has 7 nitrogen and oxygen atoms in total. The summed E-state index contributed by atoms with van der Waals surface area (Å²) in [6, 6.07) is 23.0. The minimum atomic E-state index is -3.71. The summed E-state index contributed by atoms with van der Waals surface area (Å²) < 4.78 is 28.3. The van der Waals surface area contributed by atoms with E-state index in [9.17, 15) is 13.2 Å². The Morgan fingerprint density at radius 2 is 1.71 bits per heavy atom. The molecule has 4 aromatic rings. The van der Waals surface area contributed by atoms with Crippen LogP contribution in [0.3, 0.4) is 0 Å². The zero-order valence-electron chi connectivity index (χ0n) is 20.2.